The van der Waals surface area contributed by atoms with E-state index in [0.29, 0.717) is 17.9 Å². The highest BCUT2D eigenvalue weighted by atomic mass is 16.6. The van der Waals surface area contributed by atoms with E-state index in [4.69, 9.17) is 15.9 Å². The summed E-state index contributed by atoms with van der Waals surface area (Å²) in [4.78, 5) is 21.4. The van der Waals surface area contributed by atoms with Gasteiger partial charge in [0.2, 0.25) is 0 Å². The Hall–Kier alpha value is -4.17. The Morgan fingerprint density at radius 3 is 2.45 bits per heavy atom. The maximum Gasteiger partial charge on any atom is 0.340 e. The highest BCUT2D eigenvalue weighted by Gasteiger charge is 2.41. The zero-order valence-corrected chi connectivity index (χ0v) is 18.8. The molecule has 5 heteroatoms. The van der Waals surface area contributed by atoms with Crippen molar-refractivity contribution in [2.45, 2.75) is 26.4 Å². The number of para-hydroxylation sites is 1. The number of cyclic esters (lactones) is 1. The molecule has 0 bridgehead atoms. The number of pyridine rings is 1. The molecule has 0 N–H and O–H groups in total. The Labute approximate surface area is 193 Å². The second-order valence-corrected chi connectivity index (χ2v) is 8.21. The van der Waals surface area contributed by atoms with Gasteiger partial charge in [-0.25, -0.2) is 4.79 Å². The molecule has 5 nitrogen and oxygen atoms in total. The topological polar surface area (TPSA) is 60.8 Å². The molecule has 4 rings (SSSR count). The van der Waals surface area contributed by atoms with Gasteiger partial charge in [0.25, 0.3) is 0 Å². The third kappa shape index (κ3) is 4.70. The maximum absolute atomic E-state index is 12.7. The summed E-state index contributed by atoms with van der Waals surface area (Å²) in [5, 5.41) is 0. The Balaban J connectivity index is 1.55. The summed E-state index contributed by atoms with van der Waals surface area (Å²) in [5.41, 5.74) is 4.64. The van der Waals surface area contributed by atoms with Crippen LogP contribution in [0.5, 0.6) is 5.75 Å². The molecular weight excluding hydrogens is 412 g/mol. The Morgan fingerprint density at radius 2 is 1.76 bits per heavy atom. The Morgan fingerprint density at radius 1 is 1.06 bits per heavy atom. The molecule has 1 aromatic heterocycles. The number of benzene rings is 2. The fraction of sp³-hybridized carbons (Fsp3) is 0.179. The summed E-state index contributed by atoms with van der Waals surface area (Å²) in [6.07, 6.45) is 8.96. The molecule has 2 heterocycles. The first-order valence-electron chi connectivity index (χ1n) is 10.6. The number of rotatable bonds is 6. The summed E-state index contributed by atoms with van der Waals surface area (Å²) in [7, 11) is 0. The first kappa shape index (κ1) is 22.0. The number of aliphatic imine (C=N–C) groups is 1. The Bertz CT molecular complexity index is 1280. The number of aromatic nitrogens is 1. The lowest BCUT2D eigenvalue weighted by Crippen LogP contribution is -2.22. The van der Waals surface area contributed by atoms with Crippen LogP contribution in [-0.4, -0.2) is 28.9 Å². The lowest BCUT2D eigenvalue weighted by molar-refractivity contribution is -0.141. The van der Waals surface area contributed by atoms with E-state index < -0.39 is 5.60 Å². The van der Waals surface area contributed by atoms with Gasteiger partial charge in [-0.3, -0.25) is 9.98 Å². The molecule has 2 aromatic carbocycles. The lowest BCUT2D eigenvalue weighted by Gasteiger charge is -2.21. The molecule has 0 fully saturated rings. The second-order valence-electron chi connectivity index (χ2n) is 8.21. The molecule has 1 aliphatic rings. The van der Waals surface area contributed by atoms with Crippen LogP contribution in [0.2, 0.25) is 0 Å². The molecule has 0 saturated heterocycles. The van der Waals surface area contributed by atoms with E-state index in [1.165, 1.54) is 0 Å². The van der Waals surface area contributed by atoms with E-state index in [9.17, 15) is 4.79 Å². The van der Waals surface area contributed by atoms with Gasteiger partial charge in [0, 0.05) is 23.5 Å². The van der Waals surface area contributed by atoms with E-state index in [1.807, 2.05) is 81.4 Å². The van der Waals surface area contributed by atoms with Crippen molar-refractivity contribution in [1.82, 2.24) is 4.98 Å². The quantitative estimate of drug-likeness (QED) is 0.292. The number of ether oxygens (including phenoxy) is 2. The molecule has 1 aliphatic heterocycles. The van der Waals surface area contributed by atoms with Crippen LogP contribution in [0, 0.1) is 12.3 Å². The number of carbonyl (C=O) groups excluding carboxylic acids is 1. The van der Waals surface area contributed by atoms with Crippen LogP contribution in [0.4, 0.5) is 5.69 Å². The van der Waals surface area contributed by atoms with Crippen LogP contribution in [0.15, 0.2) is 78.0 Å². The summed E-state index contributed by atoms with van der Waals surface area (Å²) in [5.74, 6) is 2.98. The van der Waals surface area contributed by atoms with Gasteiger partial charge >= 0.3 is 5.97 Å². The number of terminal acetylenes is 1. The van der Waals surface area contributed by atoms with E-state index in [0.717, 1.165) is 33.7 Å². The van der Waals surface area contributed by atoms with Crippen LogP contribution in [0.1, 0.15) is 37.5 Å². The zero-order valence-electron chi connectivity index (χ0n) is 18.8. The summed E-state index contributed by atoms with van der Waals surface area (Å²) in [6, 6.07) is 18.7. The van der Waals surface area contributed by atoms with E-state index in [1.54, 1.807) is 12.4 Å². The fourth-order valence-electron chi connectivity index (χ4n) is 3.85. The SMILES string of the molecule is C#Cc1ccccc1N=C(C)COc1ccc(C2=C(c3ccncc3)C(C)(C)OC2=O)cc1. The smallest absolute Gasteiger partial charge is 0.340 e. The number of carbonyl (C=O) groups is 1. The van der Waals surface area contributed by atoms with Gasteiger partial charge in [-0.2, -0.15) is 0 Å². The minimum atomic E-state index is -0.731. The van der Waals surface area contributed by atoms with Gasteiger partial charge in [0.1, 0.15) is 18.0 Å². The normalized spacial score (nSPS) is 15.2. The third-order valence-electron chi connectivity index (χ3n) is 5.33. The zero-order chi connectivity index (χ0) is 23.4. The molecule has 164 valence electrons. The third-order valence-corrected chi connectivity index (χ3v) is 5.33. The molecule has 0 saturated carbocycles. The van der Waals surface area contributed by atoms with Crippen molar-refractivity contribution in [3.63, 3.8) is 0 Å². The van der Waals surface area contributed by atoms with E-state index >= 15 is 0 Å². The van der Waals surface area contributed by atoms with Crippen molar-refractivity contribution < 1.29 is 14.3 Å². The fourth-order valence-corrected chi connectivity index (χ4v) is 3.85. The summed E-state index contributed by atoms with van der Waals surface area (Å²) in [6.45, 7) is 6.00. The standard InChI is InChI=1S/C28H24N2O3/c1-5-20-8-6-7-9-24(20)30-19(2)18-32-23-12-10-21(11-13-23)25-26(22-14-16-29-17-15-22)28(3,4)33-27(25)31/h1,6-17H,18H2,2-4H3. The molecule has 3 aromatic rings. The number of nitrogens with zero attached hydrogens (tertiary/aromatic N) is 2. The number of hydrogen-bond acceptors (Lipinski definition) is 5. The van der Waals surface area contributed by atoms with Crippen LogP contribution in [-0.2, 0) is 9.53 Å². The van der Waals surface area contributed by atoms with E-state index in [2.05, 4.69) is 15.9 Å². The highest BCUT2D eigenvalue weighted by molar-refractivity contribution is 6.28. The average Bonchev–Trinajstić information content (AvgIpc) is 3.07. The van der Waals surface area contributed by atoms with E-state index in [-0.39, 0.29) is 5.97 Å². The van der Waals surface area contributed by atoms with Crippen LogP contribution in [0.25, 0.3) is 11.1 Å². The molecule has 33 heavy (non-hydrogen) atoms. The molecule has 0 unspecified atom stereocenters. The molecule has 0 aliphatic carbocycles. The van der Waals surface area contributed by atoms with Gasteiger partial charge in [0.15, 0.2) is 0 Å². The summed E-state index contributed by atoms with van der Waals surface area (Å²) < 4.78 is 11.6. The van der Waals surface area contributed by atoms with Crippen molar-refractivity contribution in [3.05, 3.63) is 89.7 Å². The van der Waals surface area contributed by atoms with Crippen molar-refractivity contribution >= 4 is 28.5 Å². The molecular formula is C28H24N2O3. The van der Waals surface area contributed by atoms with Crippen LogP contribution < -0.4 is 4.74 Å². The van der Waals surface area contributed by atoms with Gasteiger partial charge in [-0.1, -0.05) is 30.2 Å². The average molecular weight is 437 g/mol. The van der Waals surface area contributed by atoms with Gasteiger partial charge in [0.05, 0.1) is 17.0 Å². The first-order chi connectivity index (χ1) is 15.9. The van der Waals surface area contributed by atoms with Crippen molar-refractivity contribution in [3.8, 4) is 18.1 Å². The Kier molecular flexibility index (Phi) is 6.10. The molecule has 0 radical (unpaired) electrons. The largest absolute Gasteiger partial charge is 0.488 e. The van der Waals surface area contributed by atoms with Gasteiger partial charge in [-0.05, 0) is 68.3 Å². The monoisotopic (exact) mass is 436 g/mol. The number of esters is 1. The van der Waals surface area contributed by atoms with Crippen molar-refractivity contribution in [1.29, 1.82) is 0 Å². The summed E-state index contributed by atoms with van der Waals surface area (Å²) >= 11 is 0. The van der Waals surface area contributed by atoms with Gasteiger partial charge in [-0.15, -0.1) is 6.42 Å². The second kappa shape index (κ2) is 9.13. The molecule has 0 amide bonds. The minimum absolute atomic E-state index is 0.318. The highest BCUT2D eigenvalue weighted by Crippen LogP contribution is 2.43. The minimum Gasteiger partial charge on any atom is -0.488 e. The predicted molar refractivity (Wildman–Crippen MR) is 130 cm³/mol. The van der Waals surface area contributed by atoms with Crippen molar-refractivity contribution in [2.75, 3.05) is 6.61 Å². The van der Waals surface area contributed by atoms with Crippen LogP contribution in [0.3, 0.4) is 0 Å². The van der Waals surface area contributed by atoms with Gasteiger partial charge < -0.3 is 9.47 Å². The molecule has 0 atom stereocenters. The lowest BCUT2D eigenvalue weighted by atomic mass is 9.87. The molecule has 0 spiro atoms. The first-order valence-corrected chi connectivity index (χ1v) is 10.6. The maximum atomic E-state index is 12.7. The van der Waals surface area contributed by atoms with Crippen molar-refractivity contribution in [2.24, 2.45) is 4.99 Å². The van der Waals surface area contributed by atoms with Crippen LogP contribution >= 0.6 is 0 Å². The number of hydrogen-bond donors (Lipinski definition) is 0. The predicted octanol–water partition coefficient (Wildman–Crippen LogP) is 5.48.